The molecule has 0 radical (unpaired) electrons. The van der Waals surface area contributed by atoms with Gasteiger partial charge in [0.15, 0.2) is 6.10 Å². The minimum absolute atomic E-state index is 0.00474. The number of benzene rings is 1. The van der Waals surface area contributed by atoms with Crippen molar-refractivity contribution in [2.75, 3.05) is 0 Å². The molecule has 2 rings (SSSR count). The van der Waals surface area contributed by atoms with Crippen molar-refractivity contribution >= 4 is 11.9 Å². The zero-order valence-corrected chi connectivity index (χ0v) is 13.0. The molecule has 1 unspecified atom stereocenters. The maximum absolute atomic E-state index is 12.1. The molecule has 1 aromatic rings. The molecule has 1 aliphatic rings. The average Bonchev–Trinajstić information content (AvgIpc) is 2.56. The Balaban J connectivity index is 1.81. The Hall–Kier alpha value is -2.55. The summed E-state index contributed by atoms with van der Waals surface area (Å²) >= 11 is 0. The maximum Gasteiger partial charge on any atom is 0.306 e. The van der Waals surface area contributed by atoms with Gasteiger partial charge in [-0.2, -0.15) is 5.26 Å². The van der Waals surface area contributed by atoms with Crippen molar-refractivity contribution < 1.29 is 19.4 Å². The number of hydrogen-bond acceptors (Lipinski definition) is 4. The van der Waals surface area contributed by atoms with Crippen LogP contribution in [0.25, 0.3) is 0 Å². The van der Waals surface area contributed by atoms with E-state index in [1.54, 1.807) is 31.2 Å². The SMILES string of the molecule is CC(Oc1ccc(C#N)cc1)C(=O)NC1CCC(C(=O)O)CC1. The van der Waals surface area contributed by atoms with Crippen LogP contribution in [0.5, 0.6) is 5.75 Å². The van der Waals surface area contributed by atoms with Gasteiger partial charge < -0.3 is 15.2 Å². The number of nitriles is 1. The largest absolute Gasteiger partial charge is 0.481 e. The van der Waals surface area contributed by atoms with Crippen LogP contribution in [-0.4, -0.2) is 29.1 Å². The molecule has 0 heterocycles. The molecule has 0 aliphatic heterocycles. The van der Waals surface area contributed by atoms with Gasteiger partial charge >= 0.3 is 5.97 Å². The van der Waals surface area contributed by atoms with E-state index in [1.807, 2.05) is 6.07 Å². The van der Waals surface area contributed by atoms with Gasteiger partial charge in [-0.3, -0.25) is 9.59 Å². The Kier molecular flexibility index (Phi) is 5.58. The Morgan fingerprint density at radius 2 is 1.87 bits per heavy atom. The van der Waals surface area contributed by atoms with E-state index >= 15 is 0 Å². The van der Waals surface area contributed by atoms with Crippen molar-refractivity contribution in [2.24, 2.45) is 5.92 Å². The van der Waals surface area contributed by atoms with E-state index < -0.39 is 12.1 Å². The fraction of sp³-hybridized carbons (Fsp3) is 0.471. The highest BCUT2D eigenvalue weighted by molar-refractivity contribution is 5.81. The second-order valence-corrected chi connectivity index (χ2v) is 5.79. The van der Waals surface area contributed by atoms with E-state index in [2.05, 4.69) is 5.32 Å². The topological polar surface area (TPSA) is 99.4 Å². The first kappa shape index (κ1) is 16.8. The zero-order chi connectivity index (χ0) is 16.8. The average molecular weight is 316 g/mol. The normalized spacial score (nSPS) is 21.7. The maximum atomic E-state index is 12.1. The summed E-state index contributed by atoms with van der Waals surface area (Å²) in [6.45, 7) is 1.66. The molecule has 122 valence electrons. The molecular formula is C17H20N2O4. The van der Waals surface area contributed by atoms with Gasteiger partial charge in [-0.05, 0) is 56.9 Å². The number of carbonyl (C=O) groups excluding carboxylic acids is 1. The minimum atomic E-state index is -0.757. The summed E-state index contributed by atoms with van der Waals surface area (Å²) in [6.07, 6.45) is 1.87. The lowest BCUT2D eigenvalue weighted by atomic mass is 9.86. The number of aliphatic carboxylic acids is 1. The van der Waals surface area contributed by atoms with Crippen molar-refractivity contribution in [2.45, 2.75) is 44.8 Å². The van der Waals surface area contributed by atoms with Crippen LogP contribution in [0.1, 0.15) is 38.2 Å². The third kappa shape index (κ3) is 4.71. The third-order valence-electron chi connectivity index (χ3n) is 4.09. The predicted octanol–water partition coefficient (Wildman–Crippen LogP) is 2.09. The molecule has 1 aromatic carbocycles. The second-order valence-electron chi connectivity index (χ2n) is 5.79. The molecule has 0 spiro atoms. The summed E-state index contributed by atoms with van der Waals surface area (Å²) in [5, 5.41) is 20.6. The van der Waals surface area contributed by atoms with Crippen LogP contribution in [0.3, 0.4) is 0 Å². The first-order chi connectivity index (χ1) is 11.0. The summed E-state index contributed by atoms with van der Waals surface area (Å²) in [4.78, 5) is 23.1. The number of amides is 1. The van der Waals surface area contributed by atoms with Gasteiger partial charge in [0.25, 0.3) is 5.91 Å². The fourth-order valence-corrected chi connectivity index (χ4v) is 2.67. The van der Waals surface area contributed by atoms with Crippen molar-refractivity contribution in [1.82, 2.24) is 5.32 Å². The van der Waals surface area contributed by atoms with E-state index in [1.165, 1.54) is 0 Å². The summed E-state index contributed by atoms with van der Waals surface area (Å²) in [6, 6.07) is 8.59. The highest BCUT2D eigenvalue weighted by atomic mass is 16.5. The molecule has 1 atom stereocenters. The van der Waals surface area contributed by atoms with Crippen LogP contribution < -0.4 is 10.1 Å². The van der Waals surface area contributed by atoms with Crippen LogP contribution in [-0.2, 0) is 9.59 Å². The van der Waals surface area contributed by atoms with Crippen molar-refractivity contribution in [3.05, 3.63) is 29.8 Å². The first-order valence-corrected chi connectivity index (χ1v) is 7.69. The summed E-state index contributed by atoms with van der Waals surface area (Å²) in [5.41, 5.74) is 0.532. The lowest BCUT2D eigenvalue weighted by Gasteiger charge is -2.27. The van der Waals surface area contributed by atoms with E-state index in [0.29, 0.717) is 37.0 Å². The smallest absolute Gasteiger partial charge is 0.306 e. The van der Waals surface area contributed by atoms with Gasteiger partial charge in [-0.25, -0.2) is 0 Å². The van der Waals surface area contributed by atoms with Gasteiger partial charge in [0.1, 0.15) is 5.75 Å². The Morgan fingerprint density at radius 1 is 1.26 bits per heavy atom. The second kappa shape index (κ2) is 7.63. The van der Waals surface area contributed by atoms with Crippen molar-refractivity contribution in [3.63, 3.8) is 0 Å². The number of nitrogens with one attached hydrogen (secondary N) is 1. The number of carboxylic acid groups (broad SMARTS) is 1. The van der Waals surface area contributed by atoms with E-state index in [9.17, 15) is 9.59 Å². The Labute approximate surface area is 135 Å². The molecule has 23 heavy (non-hydrogen) atoms. The summed E-state index contributed by atoms with van der Waals surface area (Å²) < 4.78 is 5.56. The van der Waals surface area contributed by atoms with Crippen LogP contribution in [0.2, 0.25) is 0 Å². The third-order valence-corrected chi connectivity index (χ3v) is 4.09. The van der Waals surface area contributed by atoms with E-state index in [0.717, 1.165) is 0 Å². The van der Waals surface area contributed by atoms with Crippen LogP contribution >= 0.6 is 0 Å². The molecule has 0 bridgehead atoms. The molecular weight excluding hydrogens is 296 g/mol. The van der Waals surface area contributed by atoms with Gasteiger partial charge in [0, 0.05) is 6.04 Å². The molecule has 1 fully saturated rings. The quantitative estimate of drug-likeness (QED) is 0.866. The van der Waals surface area contributed by atoms with E-state index in [-0.39, 0.29) is 17.9 Å². The van der Waals surface area contributed by atoms with Gasteiger partial charge in [-0.1, -0.05) is 0 Å². The molecule has 2 N–H and O–H groups in total. The summed E-state index contributed by atoms with van der Waals surface area (Å²) in [7, 11) is 0. The van der Waals surface area contributed by atoms with Gasteiger partial charge in [0.2, 0.25) is 0 Å². The van der Waals surface area contributed by atoms with Gasteiger partial charge in [-0.15, -0.1) is 0 Å². The fourth-order valence-electron chi connectivity index (χ4n) is 2.67. The molecule has 1 saturated carbocycles. The standard InChI is InChI=1S/C17H20N2O4/c1-11(23-15-8-2-12(10-18)3-9-15)16(20)19-14-6-4-13(5-7-14)17(21)22/h2-3,8-9,11,13-14H,4-7H2,1H3,(H,19,20)(H,21,22). The van der Waals surface area contributed by atoms with Crippen LogP contribution in [0.4, 0.5) is 0 Å². The number of carboxylic acids is 1. The highest BCUT2D eigenvalue weighted by Gasteiger charge is 2.27. The monoisotopic (exact) mass is 316 g/mol. The Morgan fingerprint density at radius 3 is 2.39 bits per heavy atom. The van der Waals surface area contributed by atoms with Crippen LogP contribution in [0, 0.1) is 17.2 Å². The van der Waals surface area contributed by atoms with Gasteiger partial charge in [0.05, 0.1) is 17.6 Å². The Bertz CT molecular complexity index is 598. The molecule has 0 aromatic heterocycles. The first-order valence-electron chi connectivity index (χ1n) is 7.69. The van der Waals surface area contributed by atoms with E-state index in [4.69, 9.17) is 15.1 Å². The minimum Gasteiger partial charge on any atom is -0.481 e. The molecule has 6 heteroatoms. The van der Waals surface area contributed by atoms with Crippen LogP contribution in [0.15, 0.2) is 24.3 Å². The highest BCUT2D eigenvalue weighted by Crippen LogP contribution is 2.24. The number of rotatable bonds is 5. The lowest BCUT2D eigenvalue weighted by Crippen LogP contribution is -2.44. The summed E-state index contributed by atoms with van der Waals surface area (Å²) in [5.74, 6) is -0.739. The molecule has 0 saturated heterocycles. The predicted molar refractivity (Wildman–Crippen MR) is 82.8 cm³/mol. The molecule has 1 amide bonds. The zero-order valence-electron chi connectivity index (χ0n) is 13.0. The molecule has 1 aliphatic carbocycles. The number of hydrogen-bond donors (Lipinski definition) is 2. The lowest BCUT2D eigenvalue weighted by molar-refractivity contribution is -0.142. The number of nitrogens with zero attached hydrogens (tertiary/aromatic N) is 1. The number of carbonyl (C=O) groups is 2. The molecule has 6 nitrogen and oxygen atoms in total. The number of ether oxygens (including phenoxy) is 1. The van der Waals surface area contributed by atoms with Crippen molar-refractivity contribution in [1.29, 1.82) is 5.26 Å². The van der Waals surface area contributed by atoms with Crippen molar-refractivity contribution in [3.8, 4) is 11.8 Å².